The van der Waals surface area contributed by atoms with Gasteiger partial charge in [-0.05, 0) is 29.7 Å². The molecule has 1 aromatic carbocycles. The van der Waals surface area contributed by atoms with E-state index in [9.17, 15) is 14.7 Å². The predicted molar refractivity (Wildman–Crippen MR) is 78.1 cm³/mol. The highest BCUT2D eigenvalue weighted by Crippen LogP contribution is 2.46. The molecule has 2 atom stereocenters. The molecule has 1 aliphatic heterocycles. The summed E-state index contributed by atoms with van der Waals surface area (Å²) in [4.78, 5) is 23.8. The molecule has 1 N–H and O–H groups in total. The standard InChI is InChI=1S/C16H15ClO5/c1-21-15(19)16(20)8-12(9-2-4-10(17)5-3-9)11-6-7-13(18)14(11)22-16/h2-5,12,20H,6-8H2,1H3/t12-,16+/m0/s1. The topological polar surface area (TPSA) is 72.8 Å². The van der Waals surface area contributed by atoms with Gasteiger partial charge in [0.15, 0.2) is 11.5 Å². The normalized spacial score (nSPS) is 27.4. The minimum Gasteiger partial charge on any atom is -0.464 e. The molecule has 1 aromatic rings. The van der Waals surface area contributed by atoms with Gasteiger partial charge in [-0.25, -0.2) is 4.79 Å². The molecule has 1 aliphatic carbocycles. The summed E-state index contributed by atoms with van der Waals surface area (Å²) in [6.07, 6.45) is 0.901. The number of halogens is 1. The first-order chi connectivity index (χ1) is 10.4. The van der Waals surface area contributed by atoms with E-state index in [1.54, 1.807) is 12.1 Å². The summed E-state index contributed by atoms with van der Waals surface area (Å²) in [7, 11) is 1.17. The van der Waals surface area contributed by atoms with Crippen molar-refractivity contribution >= 4 is 23.4 Å². The summed E-state index contributed by atoms with van der Waals surface area (Å²) >= 11 is 5.90. The first kappa shape index (κ1) is 15.1. The van der Waals surface area contributed by atoms with Crippen LogP contribution in [-0.2, 0) is 19.1 Å². The minimum atomic E-state index is -2.14. The van der Waals surface area contributed by atoms with Gasteiger partial charge in [-0.15, -0.1) is 0 Å². The summed E-state index contributed by atoms with van der Waals surface area (Å²) in [5.41, 5.74) is 1.69. The van der Waals surface area contributed by atoms with Crippen LogP contribution in [0.4, 0.5) is 0 Å². The number of ether oxygens (including phenoxy) is 2. The van der Waals surface area contributed by atoms with Gasteiger partial charge in [-0.2, -0.15) is 0 Å². The second kappa shape index (κ2) is 5.41. The van der Waals surface area contributed by atoms with Crippen molar-refractivity contribution in [3.05, 3.63) is 46.2 Å². The lowest BCUT2D eigenvalue weighted by atomic mass is 9.83. The SMILES string of the molecule is COC(=O)[C@@]1(O)C[C@@H](c2ccc(Cl)cc2)C2=C(O1)C(=O)CC2. The zero-order valence-electron chi connectivity index (χ0n) is 12.0. The van der Waals surface area contributed by atoms with Crippen LogP contribution in [0, 0.1) is 0 Å². The van der Waals surface area contributed by atoms with Gasteiger partial charge in [0.1, 0.15) is 0 Å². The number of Topliss-reactive ketones (excluding diaryl/α,β-unsaturated/α-hetero) is 1. The number of esters is 1. The molecule has 0 spiro atoms. The average molecular weight is 323 g/mol. The van der Waals surface area contributed by atoms with Crippen molar-refractivity contribution < 1.29 is 24.2 Å². The summed E-state index contributed by atoms with van der Waals surface area (Å²) in [5, 5.41) is 11.1. The molecule has 0 saturated carbocycles. The Labute approximate surface area is 132 Å². The van der Waals surface area contributed by atoms with E-state index < -0.39 is 11.8 Å². The van der Waals surface area contributed by atoms with Gasteiger partial charge in [0.05, 0.1) is 7.11 Å². The highest BCUT2D eigenvalue weighted by molar-refractivity contribution is 6.30. The van der Waals surface area contributed by atoms with Crippen LogP contribution in [0.15, 0.2) is 35.6 Å². The monoisotopic (exact) mass is 322 g/mol. The number of rotatable bonds is 2. The Morgan fingerprint density at radius 1 is 1.36 bits per heavy atom. The molecule has 0 radical (unpaired) electrons. The van der Waals surface area contributed by atoms with Gasteiger partial charge in [0, 0.05) is 23.8 Å². The van der Waals surface area contributed by atoms with Crippen molar-refractivity contribution in [2.45, 2.75) is 31.0 Å². The fourth-order valence-electron chi connectivity index (χ4n) is 3.02. The van der Waals surface area contributed by atoms with Crippen LogP contribution in [0.2, 0.25) is 5.02 Å². The third-order valence-electron chi connectivity index (χ3n) is 4.12. The Morgan fingerprint density at radius 3 is 2.68 bits per heavy atom. The number of hydrogen-bond donors (Lipinski definition) is 1. The van der Waals surface area contributed by atoms with E-state index in [1.807, 2.05) is 12.1 Å². The van der Waals surface area contributed by atoms with E-state index in [-0.39, 0.29) is 23.9 Å². The first-order valence-electron chi connectivity index (χ1n) is 6.96. The van der Waals surface area contributed by atoms with Crippen molar-refractivity contribution in [2.75, 3.05) is 7.11 Å². The minimum absolute atomic E-state index is 0.00736. The highest BCUT2D eigenvalue weighted by atomic mass is 35.5. The first-order valence-corrected chi connectivity index (χ1v) is 7.34. The van der Waals surface area contributed by atoms with Gasteiger partial charge in [0.25, 0.3) is 0 Å². The summed E-state index contributed by atoms with van der Waals surface area (Å²) in [6, 6.07) is 7.12. The second-order valence-corrected chi connectivity index (χ2v) is 5.90. The lowest BCUT2D eigenvalue weighted by Crippen LogP contribution is -2.46. The van der Waals surface area contributed by atoms with Gasteiger partial charge < -0.3 is 14.6 Å². The molecule has 0 bridgehead atoms. The third-order valence-corrected chi connectivity index (χ3v) is 4.37. The molecular weight excluding hydrogens is 308 g/mol. The number of benzene rings is 1. The van der Waals surface area contributed by atoms with Gasteiger partial charge in [-0.3, -0.25) is 4.79 Å². The molecule has 0 saturated heterocycles. The molecule has 6 heteroatoms. The zero-order valence-corrected chi connectivity index (χ0v) is 12.7. The maximum atomic E-state index is 12.0. The van der Waals surface area contributed by atoms with Gasteiger partial charge in [-0.1, -0.05) is 23.7 Å². The van der Waals surface area contributed by atoms with Crippen LogP contribution in [0.3, 0.4) is 0 Å². The molecule has 0 aromatic heterocycles. The van der Waals surface area contributed by atoms with Crippen LogP contribution >= 0.6 is 11.6 Å². The van der Waals surface area contributed by atoms with E-state index in [2.05, 4.69) is 4.74 Å². The van der Waals surface area contributed by atoms with Crippen molar-refractivity contribution in [1.82, 2.24) is 0 Å². The fourth-order valence-corrected chi connectivity index (χ4v) is 3.14. The second-order valence-electron chi connectivity index (χ2n) is 5.46. The van der Waals surface area contributed by atoms with E-state index in [4.69, 9.17) is 16.3 Å². The van der Waals surface area contributed by atoms with Gasteiger partial charge >= 0.3 is 11.8 Å². The average Bonchev–Trinajstić information content (AvgIpc) is 2.87. The van der Waals surface area contributed by atoms with Crippen LogP contribution in [0.1, 0.15) is 30.7 Å². The van der Waals surface area contributed by atoms with Crippen LogP contribution in [0.25, 0.3) is 0 Å². The number of aliphatic hydroxyl groups is 1. The molecule has 116 valence electrons. The van der Waals surface area contributed by atoms with Crippen LogP contribution in [0.5, 0.6) is 0 Å². The maximum absolute atomic E-state index is 12.0. The molecule has 1 heterocycles. The molecule has 2 aliphatic rings. The Morgan fingerprint density at radius 2 is 2.05 bits per heavy atom. The van der Waals surface area contributed by atoms with E-state index in [1.165, 1.54) is 7.11 Å². The van der Waals surface area contributed by atoms with Crippen molar-refractivity contribution in [3.8, 4) is 0 Å². The molecule has 0 unspecified atom stereocenters. The number of hydrogen-bond acceptors (Lipinski definition) is 5. The van der Waals surface area contributed by atoms with Crippen molar-refractivity contribution in [3.63, 3.8) is 0 Å². The molecule has 22 heavy (non-hydrogen) atoms. The predicted octanol–water partition coefficient (Wildman–Crippen LogP) is 2.32. The Hall–Kier alpha value is -1.85. The van der Waals surface area contributed by atoms with Gasteiger partial charge in [0.2, 0.25) is 0 Å². The summed E-state index contributed by atoms with van der Waals surface area (Å²) in [5.74, 6) is -3.43. The van der Waals surface area contributed by atoms with E-state index in [0.29, 0.717) is 17.9 Å². The highest BCUT2D eigenvalue weighted by Gasteiger charge is 2.50. The van der Waals surface area contributed by atoms with Crippen molar-refractivity contribution in [2.24, 2.45) is 0 Å². The lowest BCUT2D eigenvalue weighted by Gasteiger charge is -2.35. The smallest absolute Gasteiger partial charge is 0.379 e. The molecule has 3 rings (SSSR count). The Bertz CT molecular complexity index is 664. The Kier molecular flexibility index (Phi) is 3.70. The number of carbonyl (C=O) groups is 2. The van der Waals surface area contributed by atoms with Crippen LogP contribution in [-0.4, -0.2) is 29.8 Å². The molecule has 5 nitrogen and oxygen atoms in total. The largest absolute Gasteiger partial charge is 0.464 e. The maximum Gasteiger partial charge on any atom is 0.379 e. The summed E-state index contributed by atoms with van der Waals surface area (Å²) in [6.45, 7) is 0. The number of methoxy groups -OCH3 is 1. The fraction of sp³-hybridized carbons (Fsp3) is 0.375. The quantitative estimate of drug-likeness (QED) is 0.846. The number of ketones is 1. The van der Waals surface area contributed by atoms with E-state index in [0.717, 1.165) is 11.1 Å². The number of allylic oxidation sites excluding steroid dienone is 2. The molecular formula is C16H15ClO5. The summed E-state index contributed by atoms with van der Waals surface area (Å²) < 4.78 is 9.93. The molecule has 0 fully saturated rings. The molecule has 0 amide bonds. The Balaban J connectivity index is 2.05. The third kappa shape index (κ3) is 2.40. The van der Waals surface area contributed by atoms with Crippen LogP contribution < -0.4 is 0 Å². The van der Waals surface area contributed by atoms with E-state index >= 15 is 0 Å². The number of carbonyl (C=O) groups excluding carboxylic acids is 2. The lowest BCUT2D eigenvalue weighted by molar-refractivity contribution is -0.220. The zero-order chi connectivity index (χ0) is 15.9. The van der Waals surface area contributed by atoms with Crippen molar-refractivity contribution in [1.29, 1.82) is 0 Å².